The van der Waals surface area contributed by atoms with Crippen molar-refractivity contribution in [3.8, 4) is 17.0 Å². The van der Waals surface area contributed by atoms with Crippen molar-refractivity contribution < 1.29 is 4.74 Å². The van der Waals surface area contributed by atoms with Gasteiger partial charge >= 0.3 is 0 Å². The molecule has 4 aromatic rings. The highest BCUT2D eigenvalue weighted by molar-refractivity contribution is 5.77. The fourth-order valence-electron chi connectivity index (χ4n) is 2.48. The second kappa shape index (κ2) is 6.46. The fraction of sp³-hybridized carbons (Fsp3) is 0.0500. The Morgan fingerprint density at radius 1 is 0.792 bits per heavy atom. The first-order valence-electron chi connectivity index (χ1n) is 7.73. The molecule has 0 N–H and O–H groups in total. The topological polar surface area (TPSA) is 47.9 Å². The molecule has 2 aromatic carbocycles. The maximum Gasteiger partial charge on any atom is 0.130 e. The number of fused-ring (bicyclic) bond motifs is 1. The minimum atomic E-state index is 0.438. The molecule has 24 heavy (non-hydrogen) atoms. The molecule has 0 aliphatic heterocycles. The van der Waals surface area contributed by atoms with Crippen molar-refractivity contribution in [3.63, 3.8) is 0 Å². The van der Waals surface area contributed by atoms with Crippen LogP contribution >= 0.6 is 0 Å². The number of hydrogen-bond acceptors (Lipinski definition) is 4. The summed E-state index contributed by atoms with van der Waals surface area (Å²) >= 11 is 0. The van der Waals surface area contributed by atoms with E-state index in [2.05, 4.69) is 15.0 Å². The largest absolute Gasteiger partial charge is 0.487 e. The predicted molar refractivity (Wildman–Crippen MR) is 93.5 cm³/mol. The Bertz CT molecular complexity index is 970. The Hall–Kier alpha value is -3.27. The van der Waals surface area contributed by atoms with Crippen LogP contribution in [0.1, 0.15) is 5.69 Å². The number of rotatable bonds is 4. The number of para-hydroxylation sites is 2. The summed E-state index contributed by atoms with van der Waals surface area (Å²) in [5.41, 5.74) is 4.48. The van der Waals surface area contributed by atoms with Gasteiger partial charge in [0.2, 0.25) is 0 Å². The van der Waals surface area contributed by atoms with Crippen molar-refractivity contribution in [2.75, 3.05) is 0 Å². The van der Waals surface area contributed by atoms with Crippen LogP contribution in [0, 0.1) is 0 Å². The summed E-state index contributed by atoms with van der Waals surface area (Å²) in [6.45, 7) is 0.438. The van der Waals surface area contributed by atoms with Crippen LogP contribution in [0.5, 0.6) is 5.75 Å². The highest BCUT2D eigenvalue weighted by Gasteiger charge is 2.04. The van der Waals surface area contributed by atoms with Crippen LogP contribution in [-0.2, 0) is 6.61 Å². The maximum absolute atomic E-state index is 5.83. The molecule has 116 valence electrons. The molecule has 0 radical (unpaired) electrons. The van der Waals surface area contributed by atoms with Crippen molar-refractivity contribution in [3.05, 3.63) is 84.8 Å². The van der Waals surface area contributed by atoms with Gasteiger partial charge in [0.05, 0.1) is 28.6 Å². The van der Waals surface area contributed by atoms with E-state index in [0.717, 1.165) is 33.7 Å². The molecule has 0 atom stereocenters. The average molecular weight is 313 g/mol. The highest BCUT2D eigenvalue weighted by Crippen LogP contribution is 2.23. The third-order valence-corrected chi connectivity index (χ3v) is 3.69. The Morgan fingerprint density at radius 2 is 1.67 bits per heavy atom. The van der Waals surface area contributed by atoms with Crippen LogP contribution in [0.2, 0.25) is 0 Å². The van der Waals surface area contributed by atoms with E-state index < -0.39 is 0 Å². The van der Waals surface area contributed by atoms with Crippen LogP contribution in [0.25, 0.3) is 22.3 Å². The van der Waals surface area contributed by atoms with Crippen LogP contribution in [-0.4, -0.2) is 15.0 Å². The normalized spacial score (nSPS) is 10.7. The molecular formula is C20H15N3O. The summed E-state index contributed by atoms with van der Waals surface area (Å²) in [5.74, 6) is 0.785. The quantitative estimate of drug-likeness (QED) is 0.564. The van der Waals surface area contributed by atoms with Crippen molar-refractivity contribution in [1.82, 2.24) is 15.0 Å². The van der Waals surface area contributed by atoms with Gasteiger partial charge < -0.3 is 4.74 Å². The Labute approximate surface area is 139 Å². The van der Waals surface area contributed by atoms with Crippen LogP contribution in [0.15, 0.2) is 79.1 Å². The zero-order chi connectivity index (χ0) is 16.2. The molecule has 0 saturated heterocycles. The van der Waals surface area contributed by atoms with E-state index in [9.17, 15) is 0 Å². The predicted octanol–water partition coefficient (Wildman–Crippen LogP) is 4.27. The van der Waals surface area contributed by atoms with E-state index in [0.29, 0.717) is 6.61 Å². The first-order chi connectivity index (χ1) is 11.9. The minimum absolute atomic E-state index is 0.438. The summed E-state index contributed by atoms with van der Waals surface area (Å²) in [6, 6.07) is 21.5. The summed E-state index contributed by atoms with van der Waals surface area (Å²) in [7, 11) is 0. The van der Waals surface area contributed by atoms with Gasteiger partial charge in [-0.15, -0.1) is 0 Å². The van der Waals surface area contributed by atoms with Crippen molar-refractivity contribution >= 4 is 11.0 Å². The van der Waals surface area contributed by atoms with Gasteiger partial charge in [-0.05, 0) is 36.4 Å². The van der Waals surface area contributed by atoms with Gasteiger partial charge in [0.1, 0.15) is 12.4 Å². The molecule has 0 amide bonds. The van der Waals surface area contributed by atoms with Gasteiger partial charge in [-0.3, -0.25) is 9.97 Å². The number of aromatic nitrogens is 3. The molecule has 4 rings (SSSR count). The van der Waals surface area contributed by atoms with Crippen LogP contribution in [0.4, 0.5) is 0 Å². The fourth-order valence-corrected chi connectivity index (χ4v) is 2.48. The first-order valence-corrected chi connectivity index (χ1v) is 7.73. The van der Waals surface area contributed by atoms with E-state index >= 15 is 0 Å². The molecule has 0 fully saturated rings. The molecule has 2 aromatic heterocycles. The maximum atomic E-state index is 5.83. The molecule has 4 nitrogen and oxygen atoms in total. The molecule has 0 spiro atoms. The third kappa shape index (κ3) is 3.08. The smallest absolute Gasteiger partial charge is 0.130 e. The van der Waals surface area contributed by atoms with E-state index in [1.165, 1.54) is 0 Å². The summed E-state index contributed by atoms with van der Waals surface area (Å²) in [6.07, 6.45) is 3.56. The van der Waals surface area contributed by atoms with E-state index in [1.54, 1.807) is 12.4 Å². The van der Waals surface area contributed by atoms with Crippen molar-refractivity contribution in [2.24, 2.45) is 0 Å². The van der Waals surface area contributed by atoms with Gasteiger partial charge in [0, 0.05) is 11.8 Å². The Morgan fingerprint density at radius 3 is 2.54 bits per heavy atom. The van der Waals surface area contributed by atoms with Gasteiger partial charge in [0.25, 0.3) is 0 Å². The standard InChI is InChI=1S/C20H15N3O/c1-2-10-19-18(9-1)22-13-20(23-19)15-6-5-8-17(12-15)24-14-16-7-3-4-11-21-16/h1-13H,14H2. The minimum Gasteiger partial charge on any atom is -0.487 e. The highest BCUT2D eigenvalue weighted by atomic mass is 16.5. The summed E-state index contributed by atoms with van der Waals surface area (Å²) in [5, 5.41) is 0. The first kappa shape index (κ1) is 14.3. The second-order valence-corrected chi connectivity index (χ2v) is 5.38. The number of ether oxygens (including phenoxy) is 1. The van der Waals surface area contributed by atoms with Gasteiger partial charge in [-0.2, -0.15) is 0 Å². The molecule has 4 heteroatoms. The van der Waals surface area contributed by atoms with Crippen molar-refractivity contribution in [1.29, 1.82) is 0 Å². The van der Waals surface area contributed by atoms with Gasteiger partial charge in [0.15, 0.2) is 0 Å². The van der Waals surface area contributed by atoms with Gasteiger partial charge in [-0.1, -0.05) is 30.3 Å². The zero-order valence-electron chi connectivity index (χ0n) is 13.0. The molecule has 0 saturated carbocycles. The molecule has 0 unspecified atom stereocenters. The summed E-state index contributed by atoms with van der Waals surface area (Å²) < 4.78 is 5.83. The van der Waals surface area contributed by atoms with Crippen LogP contribution in [0.3, 0.4) is 0 Å². The molecule has 0 bridgehead atoms. The van der Waals surface area contributed by atoms with Crippen molar-refractivity contribution in [2.45, 2.75) is 6.61 Å². The monoisotopic (exact) mass is 313 g/mol. The average Bonchev–Trinajstić information content (AvgIpc) is 2.67. The van der Waals surface area contributed by atoms with Crippen LogP contribution < -0.4 is 4.74 Å². The molecule has 2 heterocycles. The summed E-state index contributed by atoms with van der Waals surface area (Å²) in [4.78, 5) is 13.4. The lowest BCUT2D eigenvalue weighted by Gasteiger charge is -2.08. The second-order valence-electron chi connectivity index (χ2n) is 5.38. The lowest BCUT2D eigenvalue weighted by molar-refractivity contribution is 0.301. The SMILES string of the molecule is c1ccc(COc2cccc(-c3cnc4ccccc4n3)c2)nc1. The molecular weight excluding hydrogens is 298 g/mol. The number of nitrogens with zero attached hydrogens (tertiary/aromatic N) is 3. The number of benzene rings is 2. The van der Waals surface area contributed by atoms with Gasteiger partial charge in [-0.25, -0.2) is 4.98 Å². The lowest BCUT2D eigenvalue weighted by Crippen LogP contribution is -1.97. The van der Waals surface area contributed by atoms with E-state index in [1.807, 2.05) is 66.7 Å². The number of pyridine rings is 1. The van der Waals surface area contributed by atoms with E-state index in [-0.39, 0.29) is 0 Å². The number of hydrogen-bond donors (Lipinski definition) is 0. The Balaban J connectivity index is 1.59. The molecule has 0 aliphatic rings. The third-order valence-electron chi connectivity index (χ3n) is 3.69. The Kier molecular flexibility index (Phi) is 3.86. The molecule has 0 aliphatic carbocycles. The van der Waals surface area contributed by atoms with E-state index in [4.69, 9.17) is 4.74 Å². The lowest BCUT2D eigenvalue weighted by atomic mass is 10.1. The zero-order valence-corrected chi connectivity index (χ0v) is 13.0.